The number of halogens is 3. The Kier molecular flexibility index (Phi) is 7.61. The Bertz CT molecular complexity index is 1270. The van der Waals surface area contributed by atoms with Gasteiger partial charge in [0.2, 0.25) is 0 Å². The zero-order valence-electron chi connectivity index (χ0n) is 19.7. The van der Waals surface area contributed by atoms with E-state index in [2.05, 4.69) is 37.1 Å². The number of hydrogen-bond donors (Lipinski definition) is 2. The molecule has 0 bridgehead atoms. The largest absolute Gasteiger partial charge is 0.490 e. The number of carbonyl (C=O) groups is 1. The first-order valence-electron chi connectivity index (χ1n) is 11.2. The predicted molar refractivity (Wildman–Crippen MR) is 125 cm³/mol. The lowest BCUT2D eigenvalue weighted by Gasteiger charge is -2.17. The van der Waals surface area contributed by atoms with E-state index in [9.17, 15) is 18.0 Å². The van der Waals surface area contributed by atoms with E-state index in [0.29, 0.717) is 30.2 Å². The quantitative estimate of drug-likeness (QED) is 0.483. The van der Waals surface area contributed by atoms with Crippen LogP contribution in [0.3, 0.4) is 0 Å². The van der Waals surface area contributed by atoms with E-state index in [1.807, 2.05) is 0 Å². The Morgan fingerprint density at radius 3 is 2.83 bits per heavy atom. The van der Waals surface area contributed by atoms with Gasteiger partial charge < -0.3 is 19.8 Å². The molecule has 3 heterocycles. The van der Waals surface area contributed by atoms with Gasteiger partial charge in [-0.05, 0) is 36.6 Å². The molecule has 0 radical (unpaired) electrons. The number of methoxy groups -OCH3 is 1. The lowest BCUT2D eigenvalue weighted by molar-refractivity contribution is -0.140. The van der Waals surface area contributed by atoms with Gasteiger partial charge >= 0.3 is 12.1 Å². The first-order valence-corrected chi connectivity index (χ1v) is 11.2. The fraction of sp³-hybridized carbons (Fsp3) is 0.375. The van der Waals surface area contributed by atoms with Gasteiger partial charge in [0.25, 0.3) is 0 Å². The number of hydrogen-bond acceptors (Lipinski definition) is 6. The van der Waals surface area contributed by atoms with E-state index in [0.717, 1.165) is 25.7 Å². The second kappa shape index (κ2) is 10.8. The second-order valence-electron chi connectivity index (χ2n) is 8.23. The van der Waals surface area contributed by atoms with Gasteiger partial charge in [-0.25, -0.2) is 4.98 Å². The maximum Gasteiger partial charge on any atom is 0.432 e. The zero-order valence-corrected chi connectivity index (χ0v) is 19.7. The van der Waals surface area contributed by atoms with Crippen LogP contribution < -0.4 is 10.1 Å². The summed E-state index contributed by atoms with van der Waals surface area (Å²) in [5, 5.41) is 6.75. The summed E-state index contributed by atoms with van der Waals surface area (Å²) in [6.07, 6.45) is -0.981. The number of aryl methyl sites for hydroxylation is 1. The Hall–Kier alpha value is -3.82. The molecule has 1 amide bonds. The second-order valence-corrected chi connectivity index (χ2v) is 8.23. The van der Waals surface area contributed by atoms with E-state index in [1.165, 1.54) is 6.07 Å². The van der Waals surface area contributed by atoms with Crippen LogP contribution in [-0.4, -0.2) is 70.0 Å². The van der Waals surface area contributed by atoms with Gasteiger partial charge in [-0.1, -0.05) is 0 Å². The number of anilines is 1. The van der Waals surface area contributed by atoms with Crippen molar-refractivity contribution in [3.05, 3.63) is 48.0 Å². The number of nitrogens with one attached hydrogen (secondary N) is 2. The summed E-state index contributed by atoms with van der Waals surface area (Å²) in [4.78, 5) is 20.8. The number of benzene rings is 1. The highest BCUT2D eigenvalue weighted by molar-refractivity contribution is 6.05. The third kappa shape index (κ3) is 6.44. The summed E-state index contributed by atoms with van der Waals surface area (Å²) >= 11 is 0. The highest BCUT2D eigenvalue weighted by Crippen LogP contribution is 2.33. The van der Waals surface area contributed by atoms with Gasteiger partial charge in [0.15, 0.2) is 0 Å². The standard InChI is InChI=1S/C24H25F3N6O3/c1-32-9-7-17(31-32)4-6-22(34)29-19-13-16(23-28-14-21(30-23)24(25,26)27)3-5-20(19)36-12-11-33-10-8-18(15-33)35-2/h3,5,7,9,13-14,18H,8,10-12,15H2,1-2H3,(H,28,30)(H,29,34). The zero-order chi connectivity index (χ0) is 25.7. The third-order valence-electron chi connectivity index (χ3n) is 5.63. The summed E-state index contributed by atoms with van der Waals surface area (Å²) in [5.41, 5.74) is 0.0556. The van der Waals surface area contributed by atoms with Crippen LogP contribution in [0, 0.1) is 11.8 Å². The molecule has 1 atom stereocenters. The number of alkyl halides is 3. The lowest BCUT2D eigenvalue weighted by atomic mass is 10.1. The van der Waals surface area contributed by atoms with Gasteiger partial charge in [-0.15, -0.1) is 0 Å². The first-order chi connectivity index (χ1) is 17.2. The van der Waals surface area contributed by atoms with Crippen molar-refractivity contribution in [2.45, 2.75) is 18.7 Å². The Morgan fingerprint density at radius 2 is 2.17 bits per heavy atom. The van der Waals surface area contributed by atoms with E-state index in [1.54, 1.807) is 43.2 Å². The molecule has 1 aliphatic heterocycles. The number of carbonyl (C=O) groups excluding carboxylic acids is 1. The van der Waals surface area contributed by atoms with Crippen molar-refractivity contribution < 1.29 is 27.4 Å². The summed E-state index contributed by atoms with van der Waals surface area (Å²) in [7, 11) is 3.42. The number of rotatable bonds is 7. The molecule has 4 rings (SSSR count). The minimum Gasteiger partial charge on any atom is -0.490 e. The van der Waals surface area contributed by atoms with Crippen molar-refractivity contribution >= 4 is 11.6 Å². The molecule has 1 aromatic carbocycles. The minimum atomic E-state index is -4.55. The molecular weight excluding hydrogens is 477 g/mol. The monoisotopic (exact) mass is 502 g/mol. The average molecular weight is 502 g/mol. The number of aromatic amines is 1. The molecule has 1 aliphatic rings. The summed E-state index contributed by atoms with van der Waals surface area (Å²) in [5.74, 6) is 4.86. The first kappa shape index (κ1) is 25.3. The molecule has 1 saturated heterocycles. The topological polar surface area (TPSA) is 97.3 Å². The Labute approximate surface area is 205 Å². The molecule has 2 aromatic heterocycles. The third-order valence-corrected chi connectivity index (χ3v) is 5.63. The van der Waals surface area contributed by atoms with Crippen molar-refractivity contribution in [3.8, 4) is 29.0 Å². The number of H-pyrrole nitrogens is 1. The van der Waals surface area contributed by atoms with Crippen LogP contribution in [0.1, 0.15) is 17.8 Å². The molecule has 0 spiro atoms. The molecule has 2 N–H and O–H groups in total. The van der Waals surface area contributed by atoms with Gasteiger partial charge in [-0.3, -0.25) is 14.4 Å². The normalized spacial score (nSPS) is 16.0. The van der Waals surface area contributed by atoms with Crippen LogP contribution in [0.15, 0.2) is 36.7 Å². The van der Waals surface area contributed by atoms with Crippen LogP contribution in [0.5, 0.6) is 5.75 Å². The fourth-order valence-electron chi connectivity index (χ4n) is 3.75. The highest BCUT2D eigenvalue weighted by atomic mass is 19.4. The van der Waals surface area contributed by atoms with Crippen molar-refractivity contribution in [3.63, 3.8) is 0 Å². The Balaban J connectivity index is 1.51. The molecule has 3 aromatic rings. The maximum absolute atomic E-state index is 13.0. The van der Waals surface area contributed by atoms with E-state index in [4.69, 9.17) is 9.47 Å². The molecule has 0 aliphatic carbocycles. The summed E-state index contributed by atoms with van der Waals surface area (Å²) in [6.45, 7) is 2.71. The van der Waals surface area contributed by atoms with Crippen molar-refractivity contribution in [2.75, 3.05) is 38.7 Å². The molecule has 36 heavy (non-hydrogen) atoms. The number of ether oxygens (including phenoxy) is 2. The highest BCUT2D eigenvalue weighted by Gasteiger charge is 2.33. The summed E-state index contributed by atoms with van der Waals surface area (Å²) in [6, 6.07) is 6.30. The van der Waals surface area contributed by atoms with Gasteiger partial charge in [0, 0.05) is 51.5 Å². The molecule has 9 nitrogen and oxygen atoms in total. The van der Waals surface area contributed by atoms with Crippen LogP contribution in [0.25, 0.3) is 11.4 Å². The van der Waals surface area contributed by atoms with Crippen LogP contribution in [-0.2, 0) is 22.8 Å². The number of nitrogens with zero attached hydrogens (tertiary/aromatic N) is 4. The number of aromatic nitrogens is 4. The van der Waals surface area contributed by atoms with E-state index >= 15 is 0 Å². The molecular formula is C24H25F3N6O3. The minimum absolute atomic E-state index is 0.00613. The fourth-order valence-corrected chi connectivity index (χ4v) is 3.75. The van der Waals surface area contributed by atoms with Crippen LogP contribution >= 0.6 is 0 Å². The van der Waals surface area contributed by atoms with Gasteiger partial charge in [-0.2, -0.15) is 18.3 Å². The predicted octanol–water partition coefficient (Wildman–Crippen LogP) is 2.92. The molecule has 1 fully saturated rings. The van der Waals surface area contributed by atoms with Gasteiger partial charge in [0.05, 0.1) is 18.0 Å². The molecule has 190 valence electrons. The number of likely N-dealkylation sites (tertiary alicyclic amines) is 1. The smallest absolute Gasteiger partial charge is 0.432 e. The number of imidazole rings is 1. The SMILES string of the molecule is COC1CCN(CCOc2ccc(-c3ncc(C(F)(F)F)[nH]3)cc2NC(=O)C#Cc2ccn(C)n2)C1. The maximum atomic E-state index is 13.0. The average Bonchev–Trinajstić information content (AvgIpc) is 3.59. The van der Waals surface area contributed by atoms with Crippen molar-refractivity contribution in [1.29, 1.82) is 0 Å². The van der Waals surface area contributed by atoms with Crippen LogP contribution in [0.2, 0.25) is 0 Å². The molecule has 12 heteroatoms. The van der Waals surface area contributed by atoms with E-state index in [-0.39, 0.29) is 17.6 Å². The lowest BCUT2D eigenvalue weighted by Crippen LogP contribution is -2.27. The molecule has 1 unspecified atom stereocenters. The summed E-state index contributed by atoms with van der Waals surface area (Å²) < 4.78 is 51.8. The van der Waals surface area contributed by atoms with Crippen molar-refractivity contribution in [1.82, 2.24) is 24.6 Å². The van der Waals surface area contributed by atoms with Crippen molar-refractivity contribution in [2.24, 2.45) is 7.05 Å². The van der Waals surface area contributed by atoms with Crippen LogP contribution in [0.4, 0.5) is 18.9 Å². The Morgan fingerprint density at radius 1 is 1.33 bits per heavy atom. The molecule has 0 saturated carbocycles. The van der Waals surface area contributed by atoms with E-state index < -0.39 is 17.8 Å². The number of amides is 1. The van der Waals surface area contributed by atoms with Gasteiger partial charge in [0.1, 0.15) is 29.6 Å².